The van der Waals surface area contributed by atoms with Crippen molar-refractivity contribution in [3.05, 3.63) is 66.2 Å². The van der Waals surface area contributed by atoms with E-state index in [1.165, 1.54) is 31.6 Å². The van der Waals surface area contributed by atoms with Crippen LogP contribution in [0.2, 0.25) is 0 Å². The quantitative estimate of drug-likeness (QED) is 0.373. The number of sulfonamides is 1. The predicted molar refractivity (Wildman–Crippen MR) is 116 cm³/mol. The number of hydrogen-bond donors (Lipinski definition) is 4. The van der Waals surface area contributed by atoms with Crippen molar-refractivity contribution in [3.63, 3.8) is 0 Å². The SMILES string of the molecule is CNS(=O)(=O)c1cccc(Nc2cc(Nc3ccc(C)c(F)c3)ncn2)c1.O=C(O)C(F)(F)F. The number of halogens is 4. The number of hydrogen-bond acceptors (Lipinski definition) is 7. The van der Waals surface area contributed by atoms with E-state index in [0.717, 1.165) is 0 Å². The van der Waals surface area contributed by atoms with Gasteiger partial charge in [0.05, 0.1) is 4.90 Å². The summed E-state index contributed by atoms with van der Waals surface area (Å²) in [4.78, 5) is 17.3. The lowest BCUT2D eigenvalue weighted by atomic mass is 10.2. The zero-order valence-corrected chi connectivity index (χ0v) is 18.5. The van der Waals surface area contributed by atoms with E-state index in [1.54, 1.807) is 37.3 Å². The van der Waals surface area contributed by atoms with Gasteiger partial charge in [-0.05, 0) is 49.9 Å². The monoisotopic (exact) mass is 501 g/mol. The maximum Gasteiger partial charge on any atom is 0.490 e. The third-order valence-electron chi connectivity index (χ3n) is 4.04. The molecule has 0 radical (unpaired) electrons. The van der Waals surface area contributed by atoms with Crippen molar-refractivity contribution < 1.29 is 35.9 Å². The number of aryl methyl sites for hydroxylation is 1. The van der Waals surface area contributed by atoms with Gasteiger partial charge < -0.3 is 15.7 Å². The lowest BCUT2D eigenvalue weighted by Gasteiger charge is -2.10. The van der Waals surface area contributed by atoms with E-state index in [9.17, 15) is 26.0 Å². The number of anilines is 4. The van der Waals surface area contributed by atoms with Gasteiger partial charge in [-0.3, -0.25) is 0 Å². The number of aliphatic carboxylic acids is 1. The second-order valence-corrected chi connectivity index (χ2v) is 8.43. The Bertz CT molecular complexity index is 1270. The number of rotatable bonds is 6. The Balaban J connectivity index is 0.000000509. The van der Waals surface area contributed by atoms with Crippen molar-refractivity contribution >= 4 is 39.0 Å². The number of carbonyl (C=O) groups is 1. The van der Waals surface area contributed by atoms with Crippen LogP contribution >= 0.6 is 0 Å². The molecule has 0 unspecified atom stereocenters. The molecule has 0 fully saturated rings. The summed E-state index contributed by atoms with van der Waals surface area (Å²) >= 11 is 0. The first-order valence-corrected chi connectivity index (χ1v) is 10.8. The number of alkyl halides is 3. The van der Waals surface area contributed by atoms with Crippen molar-refractivity contribution in [2.45, 2.75) is 18.0 Å². The highest BCUT2D eigenvalue weighted by Crippen LogP contribution is 2.22. The van der Waals surface area contributed by atoms with Gasteiger partial charge in [-0.25, -0.2) is 32.3 Å². The first-order chi connectivity index (χ1) is 15.8. The third-order valence-corrected chi connectivity index (χ3v) is 5.45. The Morgan fingerprint density at radius 1 is 0.971 bits per heavy atom. The number of nitrogens with zero attached hydrogens (tertiary/aromatic N) is 2. The Morgan fingerprint density at radius 3 is 2.03 bits per heavy atom. The van der Waals surface area contributed by atoms with Crippen LogP contribution in [0.5, 0.6) is 0 Å². The summed E-state index contributed by atoms with van der Waals surface area (Å²) < 4.78 is 71.5. The molecule has 0 aliphatic carbocycles. The van der Waals surface area contributed by atoms with Gasteiger partial charge in [0.25, 0.3) is 0 Å². The molecular weight excluding hydrogens is 482 g/mol. The molecule has 0 spiro atoms. The fraction of sp³-hybridized carbons (Fsp3) is 0.150. The first-order valence-electron chi connectivity index (χ1n) is 9.28. The van der Waals surface area contributed by atoms with E-state index in [1.807, 2.05) is 0 Å². The minimum absolute atomic E-state index is 0.137. The van der Waals surface area contributed by atoms with Crippen LogP contribution in [-0.2, 0) is 14.8 Å². The van der Waals surface area contributed by atoms with Crippen molar-refractivity contribution in [3.8, 4) is 0 Å². The topological polar surface area (TPSA) is 133 Å². The molecule has 14 heteroatoms. The fourth-order valence-electron chi connectivity index (χ4n) is 2.32. The maximum atomic E-state index is 13.7. The second-order valence-electron chi connectivity index (χ2n) is 6.54. The number of carboxylic acid groups (broad SMARTS) is 1. The molecule has 34 heavy (non-hydrogen) atoms. The average molecular weight is 501 g/mol. The van der Waals surface area contributed by atoms with Crippen LogP contribution in [0.3, 0.4) is 0 Å². The van der Waals surface area contributed by atoms with E-state index in [-0.39, 0.29) is 10.7 Å². The van der Waals surface area contributed by atoms with Crippen molar-refractivity contribution in [2.75, 3.05) is 17.7 Å². The van der Waals surface area contributed by atoms with Gasteiger partial charge in [0.2, 0.25) is 10.0 Å². The van der Waals surface area contributed by atoms with Gasteiger partial charge in [-0.2, -0.15) is 13.2 Å². The normalized spacial score (nSPS) is 11.2. The van der Waals surface area contributed by atoms with Crippen LogP contribution in [0.25, 0.3) is 0 Å². The lowest BCUT2D eigenvalue weighted by Crippen LogP contribution is -2.21. The highest BCUT2D eigenvalue weighted by Gasteiger charge is 2.38. The molecule has 1 heterocycles. The number of benzene rings is 2. The molecule has 0 saturated heterocycles. The number of nitrogens with one attached hydrogen (secondary N) is 3. The molecule has 0 amide bonds. The molecule has 0 aliphatic rings. The van der Waals surface area contributed by atoms with Crippen molar-refractivity contribution in [1.82, 2.24) is 14.7 Å². The van der Waals surface area contributed by atoms with Crippen molar-refractivity contribution in [1.29, 1.82) is 0 Å². The third kappa shape index (κ3) is 7.67. The van der Waals surface area contributed by atoms with Crippen LogP contribution in [-0.4, -0.2) is 42.7 Å². The Morgan fingerprint density at radius 2 is 1.53 bits per heavy atom. The summed E-state index contributed by atoms with van der Waals surface area (Å²) in [6, 6.07) is 12.8. The fourth-order valence-corrected chi connectivity index (χ4v) is 3.09. The smallest absolute Gasteiger partial charge is 0.475 e. The minimum atomic E-state index is -5.08. The minimum Gasteiger partial charge on any atom is -0.475 e. The molecular formula is C20H19F4N5O4S. The summed E-state index contributed by atoms with van der Waals surface area (Å²) in [5.74, 6) is -2.14. The van der Waals surface area contributed by atoms with Crippen LogP contribution in [0.4, 0.5) is 40.6 Å². The van der Waals surface area contributed by atoms with Gasteiger partial charge >= 0.3 is 12.1 Å². The molecule has 0 atom stereocenters. The van der Waals surface area contributed by atoms with Crippen LogP contribution in [0.15, 0.2) is 59.8 Å². The lowest BCUT2D eigenvalue weighted by molar-refractivity contribution is -0.192. The molecule has 182 valence electrons. The molecule has 3 rings (SSSR count). The molecule has 9 nitrogen and oxygen atoms in total. The van der Waals surface area contributed by atoms with E-state index < -0.39 is 22.2 Å². The van der Waals surface area contributed by atoms with Gasteiger partial charge in [0.15, 0.2) is 0 Å². The highest BCUT2D eigenvalue weighted by atomic mass is 32.2. The Labute approximate surface area is 191 Å². The maximum absolute atomic E-state index is 13.7. The summed E-state index contributed by atoms with van der Waals surface area (Å²) in [7, 11) is -2.19. The molecule has 3 aromatic rings. The zero-order valence-electron chi connectivity index (χ0n) is 17.7. The highest BCUT2D eigenvalue weighted by molar-refractivity contribution is 7.89. The molecule has 2 aromatic carbocycles. The summed E-state index contributed by atoms with van der Waals surface area (Å²) in [5.41, 5.74) is 1.67. The summed E-state index contributed by atoms with van der Waals surface area (Å²) in [6.45, 7) is 1.69. The second kappa shape index (κ2) is 10.9. The standard InChI is InChI=1S/C18H18FN5O2S.C2HF3O2/c1-12-6-7-14(9-16(12)19)24-18-10-17(21-11-22-18)23-13-4-3-5-15(8-13)27(25,26)20-2;3-2(4,5)1(6)7/h3-11,20H,1-2H3,(H2,21,22,23,24);(H,6,7). The van der Waals surface area contributed by atoms with E-state index in [0.29, 0.717) is 28.6 Å². The molecule has 0 bridgehead atoms. The van der Waals surface area contributed by atoms with Gasteiger partial charge in [-0.15, -0.1) is 0 Å². The predicted octanol–water partition coefficient (Wildman–Crippen LogP) is 3.95. The average Bonchev–Trinajstić information content (AvgIpc) is 2.76. The number of aromatic nitrogens is 2. The number of carboxylic acids is 1. The van der Waals surface area contributed by atoms with Crippen LogP contribution < -0.4 is 15.4 Å². The molecule has 1 aromatic heterocycles. The van der Waals surface area contributed by atoms with Crippen LogP contribution in [0.1, 0.15) is 5.56 Å². The molecule has 4 N–H and O–H groups in total. The summed E-state index contributed by atoms with van der Waals surface area (Å²) in [6.07, 6.45) is -3.73. The summed E-state index contributed by atoms with van der Waals surface area (Å²) in [5, 5.41) is 13.2. The Hall–Kier alpha value is -3.78. The zero-order chi connectivity index (χ0) is 25.5. The van der Waals surface area contributed by atoms with E-state index >= 15 is 0 Å². The van der Waals surface area contributed by atoms with Gasteiger partial charge in [0.1, 0.15) is 23.8 Å². The van der Waals surface area contributed by atoms with E-state index in [2.05, 4.69) is 25.3 Å². The van der Waals surface area contributed by atoms with Crippen LogP contribution in [0, 0.1) is 12.7 Å². The largest absolute Gasteiger partial charge is 0.490 e. The van der Waals surface area contributed by atoms with E-state index in [4.69, 9.17) is 9.90 Å². The van der Waals surface area contributed by atoms with Gasteiger partial charge in [-0.1, -0.05) is 12.1 Å². The first kappa shape index (κ1) is 26.5. The van der Waals surface area contributed by atoms with Gasteiger partial charge in [0, 0.05) is 17.4 Å². The Kier molecular flexibility index (Phi) is 8.48. The molecule has 0 aliphatic heterocycles. The van der Waals surface area contributed by atoms with Crippen molar-refractivity contribution in [2.24, 2.45) is 0 Å². The molecule has 0 saturated carbocycles.